The lowest BCUT2D eigenvalue weighted by molar-refractivity contribution is -0.137. The van der Waals surface area contributed by atoms with E-state index in [9.17, 15) is 14.7 Å². The molecule has 0 unspecified atom stereocenters. The van der Waals surface area contributed by atoms with E-state index in [4.69, 9.17) is 23.2 Å². The minimum Gasteiger partial charge on any atom is -0.481 e. The van der Waals surface area contributed by atoms with E-state index in [1.807, 2.05) is 6.07 Å². The maximum atomic E-state index is 12.4. The predicted octanol–water partition coefficient (Wildman–Crippen LogP) is 4.32. The molecule has 0 spiro atoms. The van der Waals surface area contributed by atoms with Crippen molar-refractivity contribution in [3.8, 4) is 0 Å². The lowest BCUT2D eigenvalue weighted by Crippen LogP contribution is -2.31. The summed E-state index contributed by atoms with van der Waals surface area (Å²) in [7, 11) is 1.65. The van der Waals surface area contributed by atoms with Crippen LogP contribution in [0.25, 0.3) is 0 Å². The van der Waals surface area contributed by atoms with Crippen molar-refractivity contribution in [2.24, 2.45) is 0 Å². The highest BCUT2D eigenvalue weighted by Gasteiger charge is 2.21. The quantitative estimate of drug-likeness (QED) is 0.828. The molecule has 0 aromatic heterocycles. The van der Waals surface area contributed by atoms with Gasteiger partial charge in [-0.2, -0.15) is 0 Å². The molecule has 0 heterocycles. The zero-order valence-corrected chi connectivity index (χ0v) is 14.6. The summed E-state index contributed by atoms with van der Waals surface area (Å²) in [6.07, 6.45) is -0.107. The summed E-state index contributed by atoms with van der Waals surface area (Å²) in [5.74, 6) is -1.48. The van der Waals surface area contributed by atoms with E-state index in [1.54, 1.807) is 49.5 Å². The molecule has 0 radical (unpaired) electrons. The number of carbonyl (C=O) groups excluding carboxylic acids is 1. The Morgan fingerprint density at radius 2 is 1.75 bits per heavy atom. The number of carboxylic acids is 1. The van der Waals surface area contributed by atoms with Crippen LogP contribution in [0.15, 0.2) is 48.5 Å². The van der Waals surface area contributed by atoms with E-state index in [1.165, 1.54) is 4.90 Å². The minimum atomic E-state index is -0.938. The molecular formula is C18H17Cl2NO3. The SMILES string of the molecule is CN(C[C@@H](CC(=O)O)c1ccc(Cl)c(Cl)c1)C(=O)c1ccccc1. The molecule has 0 saturated heterocycles. The van der Waals surface area contributed by atoms with Gasteiger partial charge in [-0.1, -0.05) is 47.5 Å². The number of likely N-dealkylation sites (N-methyl/N-ethyl adjacent to an activating group) is 1. The second-order valence-corrected chi connectivity index (χ2v) is 6.33. The monoisotopic (exact) mass is 365 g/mol. The van der Waals surface area contributed by atoms with Crippen LogP contribution in [0.1, 0.15) is 28.3 Å². The molecule has 1 N–H and O–H groups in total. The summed E-state index contributed by atoms with van der Waals surface area (Å²) >= 11 is 11.9. The molecule has 1 atom stereocenters. The average molecular weight is 366 g/mol. The highest BCUT2D eigenvalue weighted by molar-refractivity contribution is 6.42. The van der Waals surface area contributed by atoms with E-state index in [2.05, 4.69) is 0 Å². The van der Waals surface area contributed by atoms with Crippen LogP contribution in [0.2, 0.25) is 10.0 Å². The molecule has 2 rings (SSSR count). The predicted molar refractivity (Wildman–Crippen MR) is 94.9 cm³/mol. The van der Waals surface area contributed by atoms with Gasteiger partial charge in [-0.15, -0.1) is 0 Å². The standard InChI is InChI=1S/C18H17Cl2NO3/c1-21(18(24)12-5-3-2-4-6-12)11-14(10-17(22)23)13-7-8-15(19)16(20)9-13/h2-9,14H,10-11H2,1H3,(H,22,23)/t14-/m1/s1. The van der Waals surface area contributed by atoms with E-state index in [0.717, 1.165) is 5.56 Å². The van der Waals surface area contributed by atoms with Gasteiger partial charge in [0.1, 0.15) is 0 Å². The number of rotatable bonds is 6. The highest BCUT2D eigenvalue weighted by atomic mass is 35.5. The highest BCUT2D eigenvalue weighted by Crippen LogP contribution is 2.29. The first kappa shape index (κ1) is 18.3. The number of halogens is 2. The number of nitrogens with zero attached hydrogens (tertiary/aromatic N) is 1. The van der Waals surface area contributed by atoms with E-state index in [0.29, 0.717) is 15.6 Å². The van der Waals surface area contributed by atoms with Crippen molar-refractivity contribution in [3.63, 3.8) is 0 Å². The molecule has 1 amide bonds. The largest absolute Gasteiger partial charge is 0.481 e. The minimum absolute atomic E-state index is 0.107. The molecule has 0 aliphatic rings. The molecular weight excluding hydrogens is 349 g/mol. The number of carbonyl (C=O) groups is 2. The molecule has 4 nitrogen and oxygen atoms in total. The molecule has 126 valence electrons. The van der Waals surface area contributed by atoms with Crippen LogP contribution >= 0.6 is 23.2 Å². The van der Waals surface area contributed by atoms with Gasteiger partial charge in [0, 0.05) is 25.1 Å². The molecule has 0 aliphatic carbocycles. The van der Waals surface area contributed by atoms with Gasteiger partial charge in [0.15, 0.2) is 0 Å². The fraction of sp³-hybridized carbons (Fsp3) is 0.222. The summed E-state index contributed by atoms with van der Waals surface area (Å²) in [6, 6.07) is 13.9. The summed E-state index contributed by atoms with van der Waals surface area (Å²) in [5, 5.41) is 9.94. The summed E-state index contributed by atoms with van der Waals surface area (Å²) in [4.78, 5) is 25.2. The van der Waals surface area contributed by atoms with Crippen LogP contribution in [0.3, 0.4) is 0 Å². The van der Waals surface area contributed by atoms with Crippen molar-refractivity contribution in [1.29, 1.82) is 0 Å². The molecule has 0 aliphatic heterocycles. The smallest absolute Gasteiger partial charge is 0.304 e. The Kier molecular flexibility index (Phi) is 6.23. The van der Waals surface area contributed by atoms with Gasteiger partial charge in [0.25, 0.3) is 5.91 Å². The maximum absolute atomic E-state index is 12.4. The Morgan fingerprint density at radius 3 is 2.33 bits per heavy atom. The van der Waals surface area contributed by atoms with Crippen molar-refractivity contribution in [3.05, 3.63) is 69.7 Å². The number of hydrogen-bond donors (Lipinski definition) is 1. The fourth-order valence-corrected chi connectivity index (χ4v) is 2.79. The maximum Gasteiger partial charge on any atom is 0.304 e. The third-order valence-corrected chi connectivity index (χ3v) is 4.44. The third kappa shape index (κ3) is 4.73. The van der Waals surface area contributed by atoms with E-state index < -0.39 is 5.97 Å². The average Bonchev–Trinajstić information content (AvgIpc) is 2.56. The number of hydrogen-bond acceptors (Lipinski definition) is 2. The first-order valence-corrected chi connectivity index (χ1v) is 8.11. The van der Waals surface area contributed by atoms with Gasteiger partial charge < -0.3 is 10.0 Å². The Balaban J connectivity index is 2.20. The van der Waals surface area contributed by atoms with E-state index >= 15 is 0 Å². The topological polar surface area (TPSA) is 57.6 Å². The Bertz CT molecular complexity index is 734. The molecule has 24 heavy (non-hydrogen) atoms. The molecule has 0 fully saturated rings. The number of aliphatic carboxylic acids is 1. The Hall–Kier alpha value is -2.04. The van der Waals surface area contributed by atoms with Crippen molar-refractivity contribution < 1.29 is 14.7 Å². The van der Waals surface area contributed by atoms with Gasteiger partial charge in [0.05, 0.1) is 16.5 Å². The fourth-order valence-electron chi connectivity index (χ4n) is 2.48. The van der Waals surface area contributed by atoms with Crippen LogP contribution in [-0.2, 0) is 4.79 Å². The van der Waals surface area contributed by atoms with Crippen LogP contribution < -0.4 is 0 Å². The number of carboxylic acid groups (broad SMARTS) is 1. The van der Waals surface area contributed by atoms with Crippen LogP contribution in [0.5, 0.6) is 0 Å². The van der Waals surface area contributed by atoms with Crippen molar-refractivity contribution in [2.75, 3.05) is 13.6 Å². The van der Waals surface area contributed by atoms with E-state index in [-0.39, 0.29) is 24.8 Å². The molecule has 0 saturated carbocycles. The zero-order chi connectivity index (χ0) is 17.7. The molecule has 2 aromatic carbocycles. The lowest BCUT2D eigenvalue weighted by atomic mass is 9.95. The summed E-state index contributed by atoms with van der Waals surface area (Å²) in [5.41, 5.74) is 1.29. The van der Waals surface area contributed by atoms with Gasteiger partial charge in [-0.25, -0.2) is 0 Å². The van der Waals surface area contributed by atoms with Gasteiger partial charge in [0.2, 0.25) is 0 Å². The summed E-state index contributed by atoms with van der Waals surface area (Å²) < 4.78 is 0. The van der Waals surface area contributed by atoms with Crippen molar-refractivity contribution >= 4 is 35.1 Å². The van der Waals surface area contributed by atoms with Crippen LogP contribution in [0.4, 0.5) is 0 Å². The Morgan fingerprint density at radius 1 is 1.08 bits per heavy atom. The second-order valence-electron chi connectivity index (χ2n) is 5.52. The summed E-state index contributed by atoms with van der Waals surface area (Å²) in [6.45, 7) is 0.262. The van der Waals surface area contributed by atoms with Crippen LogP contribution in [0, 0.1) is 0 Å². The second kappa shape index (κ2) is 8.18. The van der Waals surface area contributed by atoms with Crippen LogP contribution in [-0.4, -0.2) is 35.5 Å². The number of amides is 1. The normalized spacial score (nSPS) is 11.8. The zero-order valence-electron chi connectivity index (χ0n) is 13.1. The number of benzene rings is 2. The first-order valence-electron chi connectivity index (χ1n) is 7.35. The molecule has 0 bridgehead atoms. The van der Waals surface area contributed by atoms with Crippen molar-refractivity contribution in [1.82, 2.24) is 4.90 Å². The van der Waals surface area contributed by atoms with Gasteiger partial charge >= 0.3 is 5.97 Å². The van der Waals surface area contributed by atoms with Gasteiger partial charge in [-0.3, -0.25) is 9.59 Å². The van der Waals surface area contributed by atoms with Gasteiger partial charge in [-0.05, 0) is 29.8 Å². The Labute approximate surface area is 150 Å². The molecule has 2 aromatic rings. The lowest BCUT2D eigenvalue weighted by Gasteiger charge is -2.24. The van der Waals surface area contributed by atoms with Crippen molar-refractivity contribution in [2.45, 2.75) is 12.3 Å². The molecule has 6 heteroatoms. The third-order valence-electron chi connectivity index (χ3n) is 3.70. The first-order chi connectivity index (χ1) is 11.4.